The number of hydrogen-bond acceptors (Lipinski definition) is 6. The van der Waals surface area contributed by atoms with Crippen LogP contribution in [0.3, 0.4) is 0 Å². The molecule has 0 bridgehead atoms. The summed E-state index contributed by atoms with van der Waals surface area (Å²) in [7, 11) is 0. The number of likely N-dealkylation sites (tertiary alicyclic amines) is 1. The van der Waals surface area contributed by atoms with E-state index < -0.39 is 0 Å². The van der Waals surface area contributed by atoms with Crippen molar-refractivity contribution >= 4 is 17.5 Å². The molecule has 2 aliphatic heterocycles. The Balaban J connectivity index is 1.56. The van der Waals surface area contributed by atoms with Crippen molar-refractivity contribution in [2.24, 2.45) is 5.92 Å². The molecule has 0 spiro atoms. The van der Waals surface area contributed by atoms with Crippen LogP contribution in [0.4, 0.5) is 11.6 Å². The summed E-state index contributed by atoms with van der Waals surface area (Å²) in [5, 5.41) is 3.30. The van der Waals surface area contributed by atoms with Crippen LogP contribution in [0.5, 0.6) is 0 Å². The number of nitrogens with one attached hydrogen (secondary N) is 1. The molecule has 2 aromatic rings. The second-order valence-corrected chi connectivity index (χ2v) is 7.60. The van der Waals surface area contributed by atoms with E-state index in [0.717, 1.165) is 55.1 Å². The van der Waals surface area contributed by atoms with Crippen molar-refractivity contribution in [1.29, 1.82) is 0 Å². The van der Waals surface area contributed by atoms with Crippen molar-refractivity contribution in [3.8, 4) is 0 Å². The molecule has 7 nitrogen and oxygen atoms in total. The average Bonchev–Trinajstić information content (AvgIpc) is 3.19. The molecule has 0 unspecified atom stereocenters. The third-order valence-corrected chi connectivity index (χ3v) is 5.56. The highest BCUT2D eigenvalue weighted by Crippen LogP contribution is 2.34. The predicted octanol–water partition coefficient (Wildman–Crippen LogP) is 3.32. The lowest BCUT2D eigenvalue weighted by molar-refractivity contribution is -0.139. The van der Waals surface area contributed by atoms with Crippen LogP contribution >= 0.6 is 0 Å². The molecule has 1 amide bonds. The van der Waals surface area contributed by atoms with Crippen molar-refractivity contribution in [1.82, 2.24) is 19.9 Å². The number of hydrogen-bond donors (Lipinski definition) is 1. The van der Waals surface area contributed by atoms with Crippen LogP contribution in [0, 0.1) is 19.8 Å². The SMILES string of the molecule is Cc1nc(Nc2ncccc2C)cc([C@H]2CCCN2C(=O)C2CCOCC2)n1. The maximum atomic E-state index is 13.1. The fraction of sp³-hybridized carbons (Fsp3) is 0.524. The fourth-order valence-corrected chi connectivity index (χ4v) is 4.08. The van der Waals surface area contributed by atoms with Crippen molar-refractivity contribution in [3.63, 3.8) is 0 Å². The summed E-state index contributed by atoms with van der Waals surface area (Å²) in [5.41, 5.74) is 1.96. The first-order chi connectivity index (χ1) is 13.6. The fourth-order valence-electron chi connectivity index (χ4n) is 4.08. The molecule has 0 saturated carbocycles. The molecule has 2 aliphatic rings. The molecular formula is C21H27N5O2. The van der Waals surface area contributed by atoms with Crippen LogP contribution in [0.15, 0.2) is 24.4 Å². The van der Waals surface area contributed by atoms with E-state index in [1.54, 1.807) is 6.20 Å². The third kappa shape index (κ3) is 3.99. The van der Waals surface area contributed by atoms with E-state index in [4.69, 9.17) is 4.74 Å². The van der Waals surface area contributed by atoms with E-state index in [2.05, 4.69) is 20.3 Å². The zero-order valence-electron chi connectivity index (χ0n) is 16.5. The van der Waals surface area contributed by atoms with Gasteiger partial charge >= 0.3 is 0 Å². The molecule has 2 fully saturated rings. The van der Waals surface area contributed by atoms with Crippen LogP contribution < -0.4 is 5.32 Å². The van der Waals surface area contributed by atoms with Gasteiger partial charge in [0.2, 0.25) is 5.91 Å². The van der Waals surface area contributed by atoms with Crippen molar-refractivity contribution in [2.75, 3.05) is 25.1 Å². The summed E-state index contributed by atoms with van der Waals surface area (Å²) in [6, 6.07) is 5.90. The first kappa shape index (κ1) is 18.8. The van der Waals surface area contributed by atoms with Gasteiger partial charge in [0.1, 0.15) is 17.5 Å². The summed E-state index contributed by atoms with van der Waals surface area (Å²) < 4.78 is 5.42. The lowest BCUT2D eigenvalue weighted by Gasteiger charge is -2.30. The lowest BCUT2D eigenvalue weighted by atomic mass is 9.98. The number of ether oxygens (including phenoxy) is 1. The van der Waals surface area contributed by atoms with Gasteiger partial charge in [-0.3, -0.25) is 4.79 Å². The molecule has 0 aliphatic carbocycles. The van der Waals surface area contributed by atoms with E-state index in [0.29, 0.717) is 19.0 Å². The van der Waals surface area contributed by atoms with Gasteiger partial charge in [0, 0.05) is 37.9 Å². The van der Waals surface area contributed by atoms with E-state index in [-0.39, 0.29) is 17.9 Å². The molecule has 148 valence electrons. The minimum atomic E-state index is 0.0161. The van der Waals surface area contributed by atoms with Gasteiger partial charge in [-0.05, 0) is 51.2 Å². The molecule has 0 radical (unpaired) electrons. The molecule has 7 heteroatoms. The third-order valence-electron chi connectivity index (χ3n) is 5.56. The maximum Gasteiger partial charge on any atom is 0.226 e. The number of aryl methyl sites for hydroxylation is 2. The summed E-state index contributed by atoms with van der Waals surface area (Å²) in [5.74, 6) is 2.52. The Morgan fingerprint density at radius 2 is 2.04 bits per heavy atom. The van der Waals surface area contributed by atoms with E-state index in [1.807, 2.05) is 36.9 Å². The number of amides is 1. The summed E-state index contributed by atoms with van der Waals surface area (Å²) in [4.78, 5) is 28.7. The molecule has 4 heterocycles. The summed E-state index contributed by atoms with van der Waals surface area (Å²) >= 11 is 0. The van der Waals surface area contributed by atoms with Gasteiger partial charge in [-0.2, -0.15) is 0 Å². The predicted molar refractivity (Wildman–Crippen MR) is 106 cm³/mol. The zero-order valence-corrected chi connectivity index (χ0v) is 16.5. The number of carbonyl (C=O) groups is 1. The highest BCUT2D eigenvalue weighted by molar-refractivity contribution is 5.79. The normalized spacial score (nSPS) is 20.4. The monoisotopic (exact) mass is 381 g/mol. The average molecular weight is 381 g/mol. The van der Waals surface area contributed by atoms with E-state index >= 15 is 0 Å². The van der Waals surface area contributed by atoms with Gasteiger partial charge in [-0.15, -0.1) is 0 Å². The summed E-state index contributed by atoms with van der Waals surface area (Å²) in [6.45, 7) is 6.05. The van der Waals surface area contributed by atoms with E-state index in [9.17, 15) is 4.79 Å². The number of rotatable bonds is 4. The topological polar surface area (TPSA) is 80.2 Å². The summed E-state index contributed by atoms with van der Waals surface area (Å²) in [6.07, 6.45) is 5.33. The number of nitrogens with zero attached hydrogens (tertiary/aromatic N) is 4. The van der Waals surface area contributed by atoms with Gasteiger partial charge in [-0.25, -0.2) is 15.0 Å². The van der Waals surface area contributed by atoms with Gasteiger partial charge in [-0.1, -0.05) is 6.07 Å². The molecule has 4 rings (SSSR count). The Morgan fingerprint density at radius 3 is 2.82 bits per heavy atom. The second-order valence-electron chi connectivity index (χ2n) is 7.60. The smallest absolute Gasteiger partial charge is 0.226 e. The largest absolute Gasteiger partial charge is 0.381 e. The Morgan fingerprint density at radius 1 is 1.21 bits per heavy atom. The Labute approximate surface area is 165 Å². The highest BCUT2D eigenvalue weighted by Gasteiger charge is 2.35. The first-order valence-corrected chi connectivity index (χ1v) is 10.0. The number of carbonyl (C=O) groups excluding carboxylic acids is 1. The molecule has 28 heavy (non-hydrogen) atoms. The van der Waals surface area contributed by atoms with Crippen molar-refractivity contribution in [3.05, 3.63) is 41.5 Å². The van der Waals surface area contributed by atoms with Crippen LogP contribution in [0.1, 0.15) is 48.8 Å². The van der Waals surface area contributed by atoms with E-state index in [1.165, 1.54) is 0 Å². The van der Waals surface area contributed by atoms with Gasteiger partial charge in [0.05, 0.1) is 11.7 Å². The van der Waals surface area contributed by atoms with Gasteiger partial charge in [0.15, 0.2) is 0 Å². The van der Waals surface area contributed by atoms with Crippen LogP contribution in [-0.2, 0) is 9.53 Å². The van der Waals surface area contributed by atoms with Crippen LogP contribution in [-0.4, -0.2) is 45.5 Å². The van der Waals surface area contributed by atoms with Gasteiger partial charge in [0.25, 0.3) is 0 Å². The molecule has 0 aromatic carbocycles. The lowest BCUT2D eigenvalue weighted by Crippen LogP contribution is -2.38. The van der Waals surface area contributed by atoms with Crippen LogP contribution in [0.25, 0.3) is 0 Å². The minimum Gasteiger partial charge on any atom is -0.381 e. The van der Waals surface area contributed by atoms with Crippen molar-refractivity contribution < 1.29 is 9.53 Å². The van der Waals surface area contributed by atoms with Gasteiger partial charge < -0.3 is 15.0 Å². The quantitative estimate of drug-likeness (QED) is 0.875. The van der Waals surface area contributed by atoms with Crippen LogP contribution in [0.2, 0.25) is 0 Å². The molecule has 1 N–H and O–H groups in total. The molecule has 2 aromatic heterocycles. The molecular weight excluding hydrogens is 354 g/mol. The highest BCUT2D eigenvalue weighted by atomic mass is 16.5. The standard InChI is InChI=1S/C21H27N5O2/c1-14-5-3-9-22-20(14)25-19-13-17(23-15(2)24-19)18-6-4-10-26(18)21(27)16-7-11-28-12-8-16/h3,5,9,13,16,18H,4,6-8,10-12H2,1-2H3,(H,22,23,24,25)/t18-/m1/s1. The zero-order chi connectivity index (χ0) is 19.5. The maximum absolute atomic E-state index is 13.1. The Bertz CT molecular complexity index is 850. The molecule has 2 saturated heterocycles. The first-order valence-electron chi connectivity index (χ1n) is 10.0. The number of anilines is 2. The molecule has 1 atom stereocenters. The van der Waals surface area contributed by atoms with Crippen molar-refractivity contribution in [2.45, 2.75) is 45.6 Å². The number of pyridine rings is 1. The minimum absolute atomic E-state index is 0.0161. The Hall–Kier alpha value is -2.54. The number of aromatic nitrogens is 3. The Kier molecular flexibility index (Phi) is 5.52. The second kappa shape index (κ2) is 8.22.